The summed E-state index contributed by atoms with van der Waals surface area (Å²) in [4.78, 5) is 0. The van der Waals surface area contributed by atoms with E-state index in [4.69, 9.17) is 9.47 Å². The first kappa shape index (κ1) is 12.3. The van der Waals surface area contributed by atoms with E-state index in [0.717, 1.165) is 39.5 Å². The lowest BCUT2D eigenvalue weighted by molar-refractivity contribution is 0.0760. The molecule has 0 spiro atoms. The van der Waals surface area contributed by atoms with E-state index in [2.05, 4.69) is 10.6 Å². The second-order valence-electron chi connectivity index (χ2n) is 5.10. The van der Waals surface area contributed by atoms with E-state index in [1.165, 1.54) is 19.3 Å². The highest BCUT2D eigenvalue weighted by Crippen LogP contribution is 2.48. The summed E-state index contributed by atoms with van der Waals surface area (Å²) in [5.74, 6) is 0. The van der Waals surface area contributed by atoms with E-state index < -0.39 is 0 Å². The van der Waals surface area contributed by atoms with Crippen LogP contribution in [0.1, 0.15) is 19.3 Å². The molecular weight excluding hydrogens is 204 g/mol. The molecule has 1 aliphatic carbocycles. The van der Waals surface area contributed by atoms with Crippen molar-refractivity contribution in [2.75, 3.05) is 46.6 Å². The van der Waals surface area contributed by atoms with Gasteiger partial charge in [0.1, 0.15) is 0 Å². The highest BCUT2D eigenvalue weighted by atomic mass is 16.5. The van der Waals surface area contributed by atoms with Crippen molar-refractivity contribution in [3.8, 4) is 0 Å². The normalized spacial score (nSPS) is 27.9. The molecule has 1 aliphatic heterocycles. The van der Waals surface area contributed by atoms with Crippen LogP contribution in [-0.4, -0.2) is 52.6 Å². The molecule has 94 valence electrons. The summed E-state index contributed by atoms with van der Waals surface area (Å²) in [6.45, 7) is 5.74. The molecule has 0 aromatic carbocycles. The van der Waals surface area contributed by atoms with E-state index in [1.54, 1.807) is 7.11 Å². The standard InChI is InChI=1S/C12H24N2O2/c1-15-6-4-12(2-3-12)10-13-8-11-9-16-7-5-14-11/h11,13-14H,2-10H2,1H3. The summed E-state index contributed by atoms with van der Waals surface area (Å²) in [6.07, 6.45) is 3.92. The fourth-order valence-electron chi connectivity index (χ4n) is 2.27. The summed E-state index contributed by atoms with van der Waals surface area (Å²) in [7, 11) is 1.78. The molecule has 2 rings (SSSR count). The zero-order valence-electron chi connectivity index (χ0n) is 10.3. The monoisotopic (exact) mass is 228 g/mol. The Labute approximate surface area is 98.1 Å². The first-order chi connectivity index (χ1) is 7.85. The Morgan fingerprint density at radius 2 is 2.38 bits per heavy atom. The minimum atomic E-state index is 0.493. The van der Waals surface area contributed by atoms with Crippen molar-refractivity contribution in [3.05, 3.63) is 0 Å². The zero-order valence-corrected chi connectivity index (χ0v) is 10.3. The van der Waals surface area contributed by atoms with Crippen LogP contribution in [0.2, 0.25) is 0 Å². The van der Waals surface area contributed by atoms with Gasteiger partial charge in [0, 0.05) is 39.4 Å². The smallest absolute Gasteiger partial charge is 0.0632 e. The molecule has 1 saturated heterocycles. The molecule has 2 aliphatic rings. The third-order valence-electron chi connectivity index (χ3n) is 3.68. The molecule has 0 aromatic rings. The lowest BCUT2D eigenvalue weighted by Crippen LogP contribution is -2.48. The molecule has 4 nitrogen and oxygen atoms in total. The van der Waals surface area contributed by atoms with Crippen LogP contribution in [0.5, 0.6) is 0 Å². The molecule has 0 bridgehead atoms. The van der Waals surface area contributed by atoms with Crippen LogP contribution in [-0.2, 0) is 9.47 Å². The quantitative estimate of drug-likeness (QED) is 0.661. The van der Waals surface area contributed by atoms with E-state index in [-0.39, 0.29) is 0 Å². The average molecular weight is 228 g/mol. The summed E-state index contributed by atoms with van der Waals surface area (Å²) in [5.41, 5.74) is 0.547. The van der Waals surface area contributed by atoms with E-state index >= 15 is 0 Å². The number of rotatable bonds is 7. The highest BCUT2D eigenvalue weighted by Gasteiger charge is 2.41. The molecule has 16 heavy (non-hydrogen) atoms. The topological polar surface area (TPSA) is 42.5 Å². The van der Waals surface area contributed by atoms with Gasteiger partial charge in [-0.25, -0.2) is 0 Å². The number of ether oxygens (including phenoxy) is 2. The molecule has 0 aromatic heterocycles. The lowest BCUT2D eigenvalue weighted by Gasteiger charge is -2.25. The Bertz CT molecular complexity index is 201. The second-order valence-corrected chi connectivity index (χ2v) is 5.10. The van der Waals surface area contributed by atoms with Crippen molar-refractivity contribution in [3.63, 3.8) is 0 Å². The zero-order chi connectivity index (χ0) is 11.3. The summed E-state index contributed by atoms with van der Waals surface area (Å²) in [6, 6.07) is 0.493. The number of hydrogen-bond donors (Lipinski definition) is 2. The van der Waals surface area contributed by atoms with Gasteiger partial charge in [-0.15, -0.1) is 0 Å². The van der Waals surface area contributed by atoms with Crippen molar-refractivity contribution in [2.45, 2.75) is 25.3 Å². The summed E-state index contributed by atoms with van der Waals surface area (Å²) < 4.78 is 10.6. The van der Waals surface area contributed by atoms with Crippen LogP contribution in [0, 0.1) is 5.41 Å². The second kappa shape index (κ2) is 5.96. The SMILES string of the molecule is COCCC1(CNCC2COCCN2)CC1. The predicted octanol–water partition coefficient (Wildman–Crippen LogP) is 0.381. The Hall–Kier alpha value is -0.160. The molecule has 1 unspecified atom stereocenters. The molecule has 1 atom stereocenters. The van der Waals surface area contributed by atoms with E-state index in [0.29, 0.717) is 11.5 Å². The van der Waals surface area contributed by atoms with Gasteiger partial charge in [-0.3, -0.25) is 0 Å². The highest BCUT2D eigenvalue weighted by molar-refractivity contribution is 4.95. The van der Waals surface area contributed by atoms with Crippen LogP contribution in [0.4, 0.5) is 0 Å². The Kier molecular flexibility index (Phi) is 4.58. The van der Waals surface area contributed by atoms with Crippen LogP contribution in [0.3, 0.4) is 0 Å². The first-order valence-corrected chi connectivity index (χ1v) is 6.35. The average Bonchev–Trinajstić information content (AvgIpc) is 3.09. The largest absolute Gasteiger partial charge is 0.385 e. The van der Waals surface area contributed by atoms with Crippen molar-refractivity contribution in [2.24, 2.45) is 5.41 Å². The molecule has 4 heteroatoms. The molecule has 2 N–H and O–H groups in total. The van der Waals surface area contributed by atoms with Crippen molar-refractivity contribution >= 4 is 0 Å². The van der Waals surface area contributed by atoms with Crippen molar-refractivity contribution in [1.29, 1.82) is 0 Å². The number of hydrogen-bond acceptors (Lipinski definition) is 4. The molecule has 0 radical (unpaired) electrons. The van der Waals surface area contributed by atoms with Gasteiger partial charge in [-0.05, 0) is 24.7 Å². The van der Waals surface area contributed by atoms with Crippen LogP contribution < -0.4 is 10.6 Å². The molecular formula is C12H24N2O2. The van der Waals surface area contributed by atoms with Gasteiger partial charge in [-0.1, -0.05) is 0 Å². The Balaban J connectivity index is 1.56. The van der Waals surface area contributed by atoms with Crippen LogP contribution in [0.25, 0.3) is 0 Å². The lowest BCUT2D eigenvalue weighted by atomic mass is 10.0. The maximum Gasteiger partial charge on any atom is 0.0632 e. The molecule has 1 saturated carbocycles. The van der Waals surface area contributed by atoms with Gasteiger partial charge in [0.15, 0.2) is 0 Å². The molecule has 2 fully saturated rings. The van der Waals surface area contributed by atoms with E-state index in [9.17, 15) is 0 Å². The van der Waals surface area contributed by atoms with Gasteiger partial charge in [0.2, 0.25) is 0 Å². The fourth-order valence-corrected chi connectivity index (χ4v) is 2.27. The van der Waals surface area contributed by atoms with Crippen molar-refractivity contribution in [1.82, 2.24) is 10.6 Å². The fraction of sp³-hybridized carbons (Fsp3) is 1.00. The maximum atomic E-state index is 5.42. The number of nitrogens with one attached hydrogen (secondary N) is 2. The maximum absolute atomic E-state index is 5.42. The molecule has 1 heterocycles. The van der Waals surface area contributed by atoms with E-state index in [1.807, 2.05) is 0 Å². The first-order valence-electron chi connectivity index (χ1n) is 6.35. The number of methoxy groups -OCH3 is 1. The van der Waals surface area contributed by atoms with Gasteiger partial charge in [0.05, 0.1) is 13.2 Å². The van der Waals surface area contributed by atoms with Gasteiger partial charge in [-0.2, -0.15) is 0 Å². The Morgan fingerprint density at radius 1 is 1.50 bits per heavy atom. The summed E-state index contributed by atoms with van der Waals surface area (Å²) >= 11 is 0. The van der Waals surface area contributed by atoms with Gasteiger partial charge < -0.3 is 20.1 Å². The third kappa shape index (κ3) is 3.70. The minimum absolute atomic E-state index is 0.493. The van der Waals surface area contributed by atoms with Gasteiger partial charge >= 0.3 is 0 Å². The molecule has 0 amide bonds. The van der Waals surface area contributed by atoms with Crippen LogP contribution >= 0.6 is 0 Å². The Morgan fingerprint density at radius 3 is 3.00 bits per heavy atom. The summed E-state index contributed by atoms with van der Waals surface area (Å²) in [5, 5.41) is 7.03. The number of morpholine rings is 1. The van der Waals surface area contributed by atoms with Crippen LogP contribution in [0.15, 0.2) is 0 Å². The minimum Gasteiger partial charge on any atom is -0.385 e. The predicted molar refractivity (Wildman–Crippen MR) is 63.6 cm³/mol. The van der Waals surface area contributed by atoms with Crippen molar-refractivity contribution < 1.29 is 9.47 Å². The van der Waals surface area contributed by atoms with Gasteiger partial charge in [0.25, 0.3) is 0 Å². The third-order valence-corrected chi connectivity index (χ3v) is 3.68.